The number of benzene rings is 1. The van der Waals surface area contributed by atoms with Gasteiger partial charge >= 0.3 is 0 Å². The van der Waals surface area contributed by atoms with E-state index in [2.05, 4.69) is 54.6 Å². The Kier molecular flexibility index (Phi) is 4.19. The Labute approximate surface area is 136 Å². The highest BCUT2D eigenvalue weighted by Gasteiger charge is 2.13. The van der Waals surface area contributed by atoms with Gasteiger partial charge in [-0.2, -0.15) is 0 Å². The van der Waals surface area contributed by atoms with E-state index in [1.165, 1.54) is 16.8 Å². The third kappa shape index (κ3) is 3.16. The summed E-state index contributed by atoms with van der Waals surface area (Å²) in [5.41, 5.74) is 5.81. The zero-order valence-electron chi connectivity index (χ0n) is 13.2. The van der Waals surface area contributed by atoms with Crippen molar-refractivity contribution in [2.24, 2.45) is 0 Å². The fourth-order valence-electron chi connectivity index (χ4n) is 2.62. The normalized spacial score (nSPS) is 11.5. The molecule has 22 heavy (non-hydrogen) atoms. The van der Waals surface area contributed by atoms with Crippen LogP contribution in [0.25, 0.3) is 5.65 Å². The standard InChI is InChI=1S/C18H20ClN3/c1-13-4-6-14(7-5-13)10-16-17(12-21(2)3)22-11-15(19)8-9-18(22)20-16/h4-9,11H,10,12H2,1-3H3. The summed E-state index contributed by atoms with van der Waals surface area (Å²) in [6.45, 7) is 2.94. The highest BCUT2D eigenvalue weighted by molar-refractivity contribution is 6.30. The van der Waals surface area contributed by atoms with Gasteiger partial charge in [-0.25, -0.2) is 4.98 Å². The second-order valence-electron chi connectivity index (χ2n) is 5.98. The number of imidazole rings is 1. The maximum atomic E-state index is 6.15. The lowest BCUT2D eigenvalue weighted by molar-refractivity contribution is 0.394. The molecule has 0 atom stereocenters. The second kappa shape index (κ2) is 6.11. The van der Waals surface area contributed by atoms with E-state index in [1.807, 2.05) is 18.3 Å². The van der Waals surface area contributed by atoms with Crippen LogP contribution in [0.2, 0.25) is 5.02 Å². The van der Waals surface area contributed by atoms with Crippen molar-refractivity contribution in [2.45, 2.75) is 19.9 Å². The van der Waals surface area contributed by atoms with E-state index in [4.69, 9.17) is 16.6 Å². The van der Waals surface area contributed by atoms with Gasteiger partial charge in [0.15, 0.2) is 0 Å². The van der Waals surface area contributed by atoms with Gasteiger partial charge in [0.25, 0.3) is 0 Å². The molecule has 0 saturated carbocycles. The third-order valence-electron chi connectivity index (χ3n) is 3.72. The minimum atomic E-state index is 0.729. The van der Waals surface area contributed by atoms with Crippen LogP contribution in [0.15, 0.2) is 42.6 Å². The van der Waals surface area contributed by atoms with Gasteiger partial charge in [0.05, 0.1) is 16.4 Å². The van der Waals surface area contributed by atoms with Crippen LogP contribution in [-0.2, 0) is 13.0 Å². The highest BCUT2D eigenvalue weighted by Crippen LogP contribution is 2.20. The minimum absolute atomic E-state index is 0.729. The molecule has 0 aliphatic carbocycles. The SMILES string of the molecule is Cc1ccc(Cc2nc3ccc(Cl)cn3c2CN(C)C)cc1. The molecule has 3 rings (SSSR count). The maximum absolute atomic E-state index is 6.15. The molecule has 0 amide bonds. The van der Waals surface area contributed by atoms with Crippen LogP contribution in [-0.4, -0.2) is 28.4 Å². The minimum Gasteiger partial charge on any atom is -0.304 e. The smallest absolute Gasteiger partial charge is 0.137 e. The van der Waals surface area contributed by atoms with Crippen LogP contribution in [0.4, 0.5) is 0 Å². The van der Waals surface area contributed by atoms with E-state index in [0.29, 0.717) is 0 Å². The first kappa shape index (κ1) is 15.1. The van der Waals surface area contributed by atoms with Gasteiger partial charge in [0.2, 0.25) is 0 Å². The van der Waals surface area contributed by atoms with Gasteiger partial charge < -0.3 is 9.30 Å². The molecular formula is C18H20ClN3. The van der Waals surface area contributed by atoms with Crippen LogP contribution in [0.1, 0.15) is 22.5 Å². The van der Waals surface area contributed by atoms with Crippen molar-refractivity contribution in [3.8, 4) is 0 Å². The molecule has 2 heterocycles. The van der Waals surface area contributed by atoms with Crippen molar-refractivity contribution >= 4 is 17.2 Å². The molecule has 0 spiro atoms. The molecule has 0 aliphatic heterocycles. The monoisotopic (exact) mass is 313 g/mol. The van der Waals surface area contributed by atoms with E-state index >= 15 is 0 Å². The highest BCUT2D eigenvalue weighted by atomic mass is 35.5. The van der Waals surface area contributed by atoms with Crippen LogP contribution in [0.3, 0.4) is 0 Å². The first-order chi connectivity index (χ1) is 10.5. The van der Waals surface area contributed by atoms with Crippen LogP contribution < -0.4 is 0 Å². The molecule has 114 valence electrons. The number of fused-ring (bicyclic) bond motifs is 1. The molecule has 0 unspecified atom stereocenters. The summed E-state index contributed by atoms with van der Waals surface area (Å²) in [5, 5.41) is 0.729. The predicted octanol–water partition coefficient (Wildman–Crippen LogP) is 3.95. The van der Waals surface area contributed by atoms with Gasteiger partial charge in [-0.05, 0) is 38.7 Å². The second-order valence-corrected chi connectivity index (χ2v) is 6.42. The number of halogens is 1. The van der Waals surface area contributed by atoms with Crippen molar-refractivity contribution in [1.82, 2.24) is 14.3 Å². The first-order valence-electron chi connectivity index (χ1n) is 7.38. The van der Waals surface area contributed by atoms with Gasteiger partial charge in [-0.3, -0.25) is 0 Å². The molecule has 3 aromatic rings. The predicted molar refractivity (Wildman–Crippen MR) is 91.6 cm³/mol. The lowest BCUT2D eigenvalue weighted by atomic mass is 10.1. The summed E-state index contributed by atoms with van der Waals surface area (Å²) in [5.74, 6) is 0. The van der Waals surface area contributed by atoms with E-state index < -0.39 is 0 Å². The Morgan fingerprint density at radius 1 is 1.09 bits per heavy atom. The summed E-state index contributed by atoms with van der Waals surface area (Å²) < 4.78 is 2.10. The van der Waals surface area contributed by atoms with Crippen LogP contribution in [0.5, 0.6) is 0 Å². The fraction of sp³-hybridized carbons (Fsp3) is 0.278. The zero-order valence-corrected chi connectivity index (χ0v) is 13.9. The topological polar surface area (TPSA) is 20.5 Å². The fourth-order valence-corrected chi connectivity index (χ4v) is 2.78. The first-order valence-corrected chi connectivity index (χ1v) is 7.76. The van der Waals surface area contributed by atoms with E-state index in [9.17, 15) is 0 Å². The number of hydrogen-bond donors (Lipinski definition) is 0. The molecule has 4 heteroatoms. The number of hydrogen-bond acceptors (Lipinski definition) is 2. The third-order valence-corrected chi connectivity index (χ3v) is 3.95. The van der Waals surface area contributed by atoms with Gasteiger partial charge in [0, 0.05) is 19.2 Å². The molecule has 1 aromatic carbocycles. The van der Waals surface area contributed by atoms with Crippen molar-refractivity contribution < 1.29 is 0 Å². The molecule has 3 nitrogen and oxygen atoms in total. The van der Waals surface area contributed by atoms with E-state index in [1.54, 1.807) is 0 Å². The van der Waals surface area contributed by atoms with Crippen LogP contribution >= 0.6 is 11.6 Å². The molecule has 0 N–H and O–H groups in total. The number of pyridine rings is 1. The molecule has 0 aliphatic rings. The summed E-state index contributed by atoms with van der Waals surface area (Å²) >= 11 is 6.15. The van der Waals surface area contributed by atoms with Crippen molar-refractivity contribution in [2.75, 3.05) is 14.1 Å². The lowest BCUT2D eigenvalue weighted by Gasteiger charge is -2.11. The van der Waals surface area contributed by atoms with Gasteiger partial charge in [-0.1, -0.05) is 41.4 Å². The Bertz CT molecular complexity index is 788. The van der Waals surface area contributed by atoms with Crippen molar-refractivity contribution in [3.05, 3.63) is 70.1 Å². The molecule has 0 bridgehead atoms. The van der Waals surface area contributed by atoms with Crippen molar-refractivity contribution in [3.63, 3.8) is 0 Å². The molecule has 0 fully saturated rings. The summed E-state index contributed by atoms with van der Waals surface area (Å²) in [6.07, 6.45) is 2.78. The summed E-state index contributed by atoms with van der Waals surface area (Å²) in [7, 11) is 4.14. The van der Waals surface area contributed by atoms with Crippen molar-refractivity contribution in [1.29, 1.82) is 0 Å². The molecule has 0 radical (unpaired) electrons. The number of aryl methyl sites for hydroxylation is 1. The van der Waals surface area contributed by atoms with E-state index in [-0.39, 0.29) is 0 Å². The Balaban J connectivity index is 2.05. The molecule has 0 saturated heterocycles. The Morgan fingerprint density at radius 2 is 1.82 bits per heavy atom. The Hall–Kier alpha value is -1.84. The number of nitrogens with zero attached hydrogens (tertiary/aromatic N) is 3. The lowest BCUT2D eigenvalue weighted by Crippen LogP contribution is -2.14. The number of aromatic nitrogens is 2. The largest absolute Gasteiger partial charge is 0.304 e. The molecular weight excluding hydrogens is 294 g/mol. The quantitative estimate of drug-likeness (QED) is 0.727. The van der Waals surface area contributed by atoms with Crippen LogP contribution in [0, 0.1) is 6.92 Å². The number of rotatable bonds is 4. The Morgan fingerprint density at radius 3 is 2.50 bits per heavy atom. The van der Waals surface area contributed by atoms with E-state index in [0.717, 1.165) is 29.3 Å². The average molecular weight is 314 g/mol. The van der Waals surface area contributed by atoms with Gasteiger partial charge in [-0.15, -0.1) is 0 Å². The van der Waals surface area contributed by atoms with Gasteiger partial charge in [0.1, 0.15) is 5.65 Å². The summed E-state index contributed by atoms with van der Waals surface area (Å²) in [6, 6.07) is 12.5. The zero-order chi connectivity index (χ0) is 15.7. The maximum Gasteiger partial charge on any atom is 0.137 e. The average Bonchev–Trinajstić information content (AvgIpc) is 2.78. The molecule has 2 aromatic heterocycles. The summed E-state index contributed by atoms with van der Waals surface area (Å²) in [4.78, 5) is 6.96.